The summed E-state index contributed by atoms with van der Waals surface area (Å²) in [5.74, 6) is 1.06. The molecule has 6 heteroatoms. The summed E-state index contributed by atoms with van der Waals surface area (Å²) in [6, 6.07) is 7.02. The van der Waals surface area contributed by atoms with Crippen LogP contribution in [0.5, 0.6) is 0 Å². The predicted molar refractivity (Wildman–Crippen MR) is 78.8 cm³/mol. The molecular formula is C15H13ClN2O3. The smallest absolute Gasteiger partial charge is 0.258 e. The number of carbonyl (C=O) groups excluding carboxylic acids is 1. The van der Waals surface area contributed by atoms with Crippen LogP contribution in [0.3, 0.4) is 0 Å². The van der Waals surface area contributed by atoms with Crippen molar-refractivity contribution in [2.24, 2.45) is 5.10 Å². The number of rotatable bonds is 4. The fourth-order valence-electron chi connectivity index (χ4n) is 2.19. The third kappa shape index (κ3) is 2.92. The van der Waals surface area contributed by atoms with Crippen LogP contribution in [-0.4, -0.2) is 22.5 Å². The molecule has 21 heavy (non-hydrogen) atoms. The fourth-order valence-corrected chi connectivity index (χ4v) is 2.31. The van der Waals surface area contributed by atoms with Crippen molar-refractivity contribution in [1.82, 2.24) is 5.01 Å². The molecule has 0 aromatic carbocycles. The lowest BCUT2D eigenvalue weighted by Gasteiger charge is -2.18. The lowest BCUT2D eigenvalue weighted by Crippen LogP contribution is -2.27. The Balaban J connectivity index is 1.81. The van der Waals surface area contributed by atoms with Gasteiger partial charge in [-0.05, 0) is 36.4 Å². The molecule has 108 valence electrons. The van der Waals surface area contributed by atoms with Crippen molar-refractivity contribution in [2.75, 3.05) is 5.88 Å². The zero-order valence-corrected chi connectivity index (χ0v) is 11.9. The van der Waals surface area contributed by atoms with Gasteiger partial charge in [-0.25, -0.2) is 5.01 Å². The fraction of sp³-hybridized carbons (Fsp3) is 0.200. The minimum absolute atomic E-state index is 0.115. The van der Waals surface area contributed by atoms with E-state index in [1.165, 1.54) is 5.01 Å². The summed E-state index contributed by atoms with van der Waals surface area (Å²) < 4.78 is 10.6. The lowest BCUT2D eigenvalue weighted by molar-refractivity contribution is -0.130. The molecule has 2 aromatic heterocycles. The van der Waals surface area contributed by atoms with Crippen molar-refractivity contribution in [2.45, 2.75) is 12.5 Å². The summed E-state index contributed by atoms with van der Waals surface area (Å²) in [5, 5.41) is 5.71. The van der Waals surface area contributed by atoms with Gasteiger partial charge in [0.05, 0.1) is 18.2 Å². The Morgan fingerprint density at radius 2 is 2.14 bits per heavy atom. The molecule has 0 saturated heterocycles. The third-order valence-corrected chi connectivity index (χ3v) is 3.39. The Kier molecular flexibility index (Phi) is 3.92. The van der Waals surface area contributed by atoms with E-state index in [1.54, 1.807) is 18.6 Å². The predicted octanol–water partition coefficient (Wildman–Crippen LogP) is 3.45. The van der Waals surface area contributed by atoms with Gasteiger partial charge in [0.15, 0.2) is 0 Å². The second kappa shape index (κ2) is 6.01. The molecule has 0 unspecified atom stereocenters. The summed E-state index contributed by atoms with van der Waals surface area (Å²) in [6.45, 7) is 0. The Morgan fingerprint density at radius 1 is 1.33 bits per heavy atom. The van der Waals surface area contributed by atoms with Gasteiger partial charge in [-0.2, -0.15) is 5.10 Å². The number of alkyl halides is 1. The Hall–Kier alpha value is -2.27. The normalized spacial score (nSPS) is 18.4. The maximum absolute atomic E-state index is 11.9. The second-order valence-electron chi connectivity index (χ2n) is 4.55. The minimum atomic E-state index is -0.250. The van der Waals surface area contributed by atoms with Gasteiger partial charge in [-0.15, -0.1) is 11.6 Å². The molecule has 0 spiro atoms. The second-order valence-corrected chi connectivity index (χ2v) is 4.81. The van der Waals surface area contributed by atoms with Crippen LogP contribution in [0.1, 0.15) is 24.0 Å². The number of hydrogen-bond donors (Lipinski definition) is 0. The highest BCUT2D eigenvalue weighted by Gasteiger charge is 2.32. The molecule has 1 aliphatic rings. The van der Waals surface area contributed by atoms with E-state index < -0.39 is 0 Å². The van der Waals surface area contributed by atoms with Crippen molar-refractivity contribution >= 4 is 29.3 Å². The van der Waals surface area contributed by atoms with Crippen LogP contribution in [0.2, 0.25) is 0 Å². The first-order chi connectivity index (χ1) is 10.3. The average Bonchev–Trinajstić information content (AvgIpc) is 3.23. The summed E-state index contributed by atoms with van der Waals surface area (Å²) in [6.07, 6.45) is 7.40. The number of carbonyl (C=O) groups is 1. The van der Waals surface area contributed by atoms with E-state index in [2.05, 4.69) is 5.10 Å². The zero-order valence-electron chi connectivity index (χ0n) is 11.1. The first-order valence-corrected chi connectivity index (χ1v) is 7.02. The molecule has 2 aromatic rings. The number of amides is 1. The van der Waals surface area contributed by atoms with Gasteiger partial charge in [0.1, 0.15) is 23.4 Å². The first-order valence-electron chi connectivity index (χ1n) is 6.48. The third-order valence-electron chi connectivity index (χ3n) is 3.16. The highest BCUT2D eigenvalue weighted by atomic mass is 35.5. The van der Waals surface area contributed by atoms with Crippen LogP contribution in [0, 0.1) is 0 Å². The Labute approximate surface area is 126 Å². The molecule has 1 atom stereocenters. The van der Waals surface area contributed by atoms with Crippen LogP contribution in [-0.2, 0) is 4.79 Å². The van der Waals surface area contributed by atoms with Gasteiger partial charge in [-0.1, -0.05) is 0 Å². The van der Waals surface area contributed by atoms with Crippen molar-refractivity contribution in [1.29, 1.82) is 0 Å². The first kappa shape index (κ1) is 13.7. The number of allylic oxidation sites excluding steroid dienone is 1. The highest BCUT2D eigenvalue weighted by molar-refractivity contribution is 6.27. The summed E-state index contributed by atoms with van der Waals surface area (Å²) in [4.78, 5) is 11.9. The van der Waals surface area contributed by atoms with Crippen LogP contribution in [0.15, 0.2) is 56.8 Å². The van der Waals surface area contributed by atoms with Gasteiger partial charge in [0, 0.05) is 6.42 Å². The van der Waals surface area contributed by atoms with Crippen LogP contribution in [0.25, 0.3) is 6.08 Å². The van der Waals surface area contributed by atoms with E-state index in [0.717, 1.165) is 11.5 Å². The van der Waals surface area contributed by atoms with Crippen LogP contribution in [0.4, 0.5) is 0 Å². The summed E-state index contributed by atoms with van der Waals surface area (Å²) in [7, 11) is 0. The highest BCUT2D eigenvalue weighted by Crippen LogP contribution is 2.31. The molecule has 0 N–H and O–H groups in total. The summed E-state index contributed by atoms with van der Waals surface area (Å²) in [5.41, 5.74) is 0.770. The number of furan rings is 2. The van der Waals surface area contributed by atoms with E-state index in [-0.39, 0.29) is 17.8 Å². The van der Waals surface area contributed by atoms with E-state index in [0.29, 0.717) is 12.2 Å². The molecule has 3 rings (SSSR count). The number of hydrogen-bond acceptors (Lipinski definition) is 4. The quantitative estimate of drug-likeness (QED) is 0.813. The molecule has 0 bridgehead atoms. The van der Waals surface area contributed by atoms with E-state index in [9.17, 15) is 4.79 Å². The molecule has 3 heterocycles. The van der Waals surface area contributed by atoms with Gasteiger partial charge < -0.3 is 8.83 Å². The molecular weight excluding hydrogens is 292 g/mol. The van der Waals surface area contributed by atoms with Gasteiger partial charge >= 0.3 is 0 Å². The number of hydrazone groups is 1. The lowest BCUT2D eigenvalue weighted by atomic mass is 10.1. The standard InChI is InChI=1S/C15H13ClN2O3/c16-10-15(19)18-13(14-4-2-8-21-14)9-11(17-18)5-6-12-3-1-7-20-12/h1-8,13H,9-10H2/b6-5-/t13-/m0/s1. The average molecular weight is 305 g/mol. The van der Waals surface area contributed by atoms with Gasteiger partial charge in [0.25, 0.3) is 5.91 Å². The SMILES string of the molecule is O=C(CCl)N1N=C(/C=C\c2ccco2)C[C@H]1c1ccco1. The maximum Gasteiger partial charge on any atom is 0.258 e. The molecule has 0 saturated carbocycles. The number of halogens is 1. The molecule has 5 nitrogen and oxygen atoms in total. The maximum atomic E-state index is 11.9. The van der Waals surface area contributed by atoms with E-state index >= 15 is 0 Å². The Bertz CT molecular complexity index is 659. The molecule has 1 aliphatic heterocycles. The monoisotopic (exact) mass is 304 g/mol. The van der Waals surface area contributed by atoms with Crippen LogP contribution < -0.4 is 0 Å². The van der Waals surface area contributed by atoms with Crippen molar-refractivity contribution in [3.63, 3.8) is 0 Å². The topological polar surface area (TPSA) is 59.0 Å². The zero-order chi connectivity index (χ0) is 14.7. The van der Waals surface area contributed by atoms with Gasteiger partial charge in [-0.3, -0.25) is 4.79 Å². The molecule has 1 amide bonds. The van der Waals surface area contributed by atoms with E-state index in [4.69, 9.17) is 20.4 Å². The van der Waals surface area contributed by atoms with Crippen LogP contribution >= 0.6 is 11.6 Å². The largest absolute Gasteiger partial charge is 0.467 e. The van der Waals surface area contributed by atoms with Crippen molar-refractivity contribution < 1.29 is 13.6 Å². The molecule has 0 aliphatic carbocycles. The van der Waals surface area contributed by atoms with Gasteiger partial charge in [0.2, 0.25) is 0 Å². The molecule has 0 radical (unpaired) electrons. The van der Waals surface area contributed by atoms with Crippen molar-refractivity contribution in [3.8, 4) is 0 Å². The molecule has 0 fully saturated rings. The Morgan fingerprint density at radius 3 is 2.81 bits per heavy atom. The van der Waals surface area contributed by atoms with E-state index in [1.807, 2.05) is 30.4 Å². The minimum Gasteiger partial charge on any atom is -0.467 e. The summed E-state index contributed by atoms with van der Waals surface area (Å²) >= 11 is 5.64. The van der Waals surface area contributed by atoms with Crippen molar-refractivity contribution in [3.05, 3.63) is 54.4 Å². The number of nitrogens with zero attached hydrogens (tertiary/aromatic N) is 2.